The molecule has 0 saturated heterocycles. The van der Waals surface area contributed by atoms with Gasteiger partial charge in [0, 0.05) is 5.92 Å². The second-order valence-corrected chi connectivity index (χ2v) is 11.4. The van der Waals surface area contributed by atoms with E-state index in [1.54, 1.807) is 0 Å². The van der Waals surface area contributed by atoms with Crippen LogP contribution in [-0.2, 0) is 4.74 Å². The highest BCUT2D eigenvalue weighted by Gasteiger charge is 2.30. The second kappa shape index (κ2) is 11.0. The summed E-state index contributed by atoms with van der Waals surface area (Å²) >= 11 is 0. The van der Waals surface area contributed by atoms with E-state index in [0.29, 0.717) is 23.9 Å². The van der Waals surface area contributed by atoms with E-state index in [-0.39, 0.29) is 11.7 Å². The molecule has 0 radical (unpaired) electrons. The molecule has 0 aromatic heterocycles. The maximum atomic E-state index is 6.60. The molecule has 2 saturated carbocycles. The minimum Gasteiger partial charge on any atom is -0.465 e. The number of hydrogen-bond acceptors (Lipinski definition) is 2. The van der Waals surface area contributed by atoms with Gasteiger partial charge >= 0.3 is 0 Å². The quantitative estimate of drug-likeness (QED) is 0.397. The molecule has 170 valence electrons. The topological polar surface area (TPSA) is 18.5 Å². The summed E-state index contributed by atoms with van der Waals surface area (Å²) in [5.74, 6) is 2.79. The second-order valence-electron chi connectivity index (χ2n) is 11.4. The van der Waals surface area contributed by atoms with Crippen molar-refractivity contribution in [2.24, 2.45) is 17.3 Å². The van der Waals surface area contributed by atoms with Crippen molar-refractivity contribution in [3.63, 3.8) is 0 Å². The van der Waals surface area contributed by atoms with Crippen LogP contribution in [0.4, 0.5) is 0 Å². The fourth-order valence-corrected chi connectivity index (χ4v) is 5.41. The summed E-state index contributed by atoms with van der Waals surface area (Å²) < 4.78 is 13.1. The fourth-order valence-electron chi connectivity index (χ4n) is 5.41. The summed E-state index contributed by atoms with van der Waals surface area (Å²) in [6, 6.07) is 8.97. The van der Waals surface area contributed by atoms with Gasteiger partial charge in [-0.3, -0.25) is 0 Å². The summed E-state index contributed by atoms with van der Waals surface area (Å²) in [7, 11) is 0. The lowest BCUT2D eigenvalue weighted by atomic mass is 9.72. The Bertz CT molecular complexity index is 601. The van der Waals surface area contributed by atoms with Crippen LogP contribution in [0.25, 0.3) is 0 Å². The molecule has 2 aliphatic rings. The van der Waals surface area contributed by atoms with Gasteiger partial charge in [0.25, 0.3) is 0 Å². The van der Waals surface area contributed by atoms with Crippen molar-refractivity contribution in [2.45, 2.75) is 124 Å². The van der Waals surface area contributed by atoms with Crippen LogP contribution in [0.5, 0.6) is 5.75 Å². The van der Waals surface area contributed by atoms with Gasteiger partial charge < -0.3 is 9.47 Å². The molecule has 2 unspecified atom stereocenters. The van der Waals surface area contributed by atoms with Crippen LogP contribution in [0.15, 0.2) is 24.3 Å². The molecule has 0 bridgehead atoms. The monoisotopic (exact) mass is 414 g/mol. The highest BCUT2D eigenvalue weighted by molar-refractivity contribution is 5.30. The highest BCUT2D eigenvalue weighted by atomic mass is 16.7. The molecule has 30 heavy (non-hydrogen) atoms. The average molecular weight is 415 g/mol. The SMILES string of the molecule is CC(C)CC(c1ccc(OC(OC2CCCCC2)C2CCCCC2)cc1)C(C)(C)C. The predicted molar refractivity (Wildman–Crippen MR) is 127 cm³/mol. The lowest BCUT2D eigenvalue weighted by Gasteiger charge is -2.35. The van der Waals surface area contributed by atoms with E-state index < -0.39 is 0 Å². The molecule has 2 nitrogen and oxygen atoms in total. The van der Waals surface area contributed by atoms with E-state index in [0.717, 1.165) is 5.75 Å². The van der Waals surface area contributed by atoms with Gasteiger partial charge in [0.15, 0.2) is 0 Å². The van der Waals surface area contributed by atoms with Crippen molar-refractivity contribution in [2.75, 3.05) is 0 Å². The van der Waals surface area contributed by atoms with Crippen LogP contribution in [0, 0.1) is 17.3 Å². The normalized spacial score (nSPS) is 21.5. The van der Waals surface area contributed by atoms with Gasteiger partial charge in [-0.15, -0.1) is 0 Å². The van der Waals surface area contributed by atoms with Crippen molar-refractivity contribution >= 4 is 0 Å². The minimum absolute atomic E-state index is 0.0756. The Morgan fingerprint density at radius 3 is 1.93 bits per heavy atom. The van der Waals surface area contributed by atoms with Crippen LogP contribution in [0.3, 0.4) is 0 Å². The van der Waals surface area contributed by atoms with Gasteiger partial charge in [-0.25, -0.2) is 0 Å². The lowest BCUT2D eigenvalue weighted by molar-refractivity contribution is -0.161. The van der Waals surface area contributed by atoms with E-state index in [4.69, 9.17) is 9.47 Å². The van der Waals surface area contributed by atoms with Gasteiger partial charge in [0.1, 0.15) is 5.75 Å². The van der Waals surface area contributed by atoms with Crippen molar-refractivity contribution in [1.82, 2.24) is 0 Å². The zero-order valence-electron chi connectivity index (χ0n) is 20.3. The van der Waals surface area contributed by atoms with Crippen LogP contribution >= 0.6 is 0 Å². The van der Waals surface area contributed by atoms with E-state index in [9.17, 15) is 0 Å². The van der Waals surface area contributed by atoms with Crippen molar-refractivity contribution in [1.29, 1.82) is 0 Å². The van der Waals surface area contributed by atoms with Crippen LogP contribution < -0.4 is 4.74 Å². The molecule has 2 heteroatoms. The van der Waals surface area contributed by atoms with Gasteiger partial charge in [-0.05, 0) is 67.1 Å². The summed E-state index contributed by atoms with van der Waals surface area (Å²) in [4.78, 5) is 0. The molecule has 2 fully saturated rings. The highest BCUT2D eigenvalue weighted by Crippen LogP contribution is 2.40. The molecule has 2 aliphatic carbocycles. The smallest absolute Gasteiger partial charge is 0.202 e. The Kier molecular flexibility index (Phi) is 8.69. The van der Waals surface area contributed by atoms with Crippen LogP contribution in [-0.4, -0.2) is 12.4 Å². The zero-order chi connectivity index (χ0) is 21.6. The summed E-state index contributed by atoms with van der Waals surface area (Å²) in [5.41, 5.74) is 1.70. The maximum absolute atomic E-state index is 6.60. The van der Waals surface area contributed by atoms with Crippen molar-refractivity contribution in [3.05, 3.63) is 29.8 Å². The van der Waals surface area contributed by atoms with Gasteiger partial charge in [-0.2, -0.15) is 0 Å². The predicted octanol–water partition coefficient (Wildman–Crippen LogP) is 8.50. The summed E-state index contributed by atoms with van der Waals surface area (Å²) in [5, 5.41) is 0. The summed E-state index contributed by atoms with van der Waals surface area (Å²) in [6.07, 6.45) is 14.4. The van der Waals surface area contributed by atoms with Gasteiger partial charge in [0.05, 0.1) is 6.10 Å². The fraction of sp³-hybridized carbons (Fsp3) is 0.786. The third kappa shape index (κ3) is 7.01. The maximum Gasteiger partial charge on any atom is 0.202 e. The van der Waals surface area contributed by atoms with Crippen molar-refractivity contribution < 1.29 is 9.47 Å². The molecule has 0 amide bonds. The molecule has 0 aliphatic heterocycles. The molecule has 2 atom stereocenters. The number of rotatable bonds is 8. The third-order valence-corrected chi connectivity index (χ3v) is 7.20. The first-order valence-corrected chi connectivity index (χ1v) is 12.7. The molecule has 0 spiro atoms. The largest absolute Gasteiger partial charge is 0.465 e. The third-order valence-electron chi connectivity index (χ3n) is 7.20. The van der Waals surface area contributed by atoms with E-state index in [2.05, 4.69) is 58.9 Å². The molecular weight excluding hydrogens is 368 g/mol. The Hall–Kier alpha value is -1.02. The van der Waals surface area contributed by atoms with E-state index in [1.807, 2.05) is 0 Å². The average Bonchev–Trinajstić information content (AvgIpc) is 2.73. The van der Waals surface area contributed by atoms with E-state index >= 15 is 0 Å². The molecule has 1 aromatic rings. The molecular formula is C28H46O2. The minimum atomic E-state index is -0.0756. The van der Waals surface area contributed by atoms with Crippen molar-refractivity contribution in [3.8, 4) is 5.75 Å². The van der Waals surface area contributed by atoms with Gasteiger partial charge in [0.2, 0.25) is 6.29 Å². The Balaban J connectivity index is 1.70. The number of hydrogen-bond donors (Lipinski definition) is 0. The molecule has 0 N–H and O–H groups in total. The van der Waals surface area contributed by atoms with E-state index in [1.165, 1.54) is 76.2 Å². The Morgan fingerprint density at radius 2 is 1.40 bits per heavy atom. The number of ether oxygens (including phenoxy) is 2. The lowest BCUT2D eigenvalue weighted by Crippen LogP contribution is -2.36. The molecule has 3 rings (SSSR count). The first-order chi connectivity index (χ1) is 14.3. The van der Waals surface area contributed by atoms with Crippen LogP contribution in [0.1, 0.15) is 117 Å². The van der Waals surface area contributed by atoms with Gasteiger partial charge in [-0.1, -0.05) is 85.3 Å². The first-order valence-electron chi connectivity index (χ1n) is 12.7. The summed E-state index contributed by atoms with van der Waals surface area (Å²) in [6.45, 7) is 11.7. The standard InChI is InChI=1S/C28H46O2/c1-21(2)20-26(28(3,4)5)22-16-18-25(19-17-22)30-27(23-12-8-6-9-13-23)29-24-14-10-7-11-15-24/h16-19,21,23-24,26-27H,6-15,20H2,1-5H3. The Morgan fingerprint density at radius 1 is 0.833 bits per heavy atom. The Labute approximate surface area is 186 Å². The first kappa shape index (κ1) is 23.6. The molecule has 0 heterocycles. The zero-order valence-corrected chi connectivity index (χ0v) is 20.3. The molecule has 1 aromatic carbocycles. The number of benzene rings is 1. The van der Waals surface area contributed by atoms with Crippen LogP contribution in [0.2, 0.25) is 0 Å².